The molecule has 3 aromatic rings. The van der Waals surface area contributed by atoms with Gasteiger partial charge in [-0.25, -0.2) is 13.2 Å². The van der Waals surface area contributed by atoms with Crippen LogP contribution in [0.5, 0.6) is 0 Å². The van der Waals surface area contributed by atoms with Crippen LogP contribution in [0.15, 0.2) is 41.8 Å². The summed E-state index contributed by atoms with van der Waals surface area (Å²) in [6, 6.07) is 9.66. The van der Waals surface area contributed by atoms with E-state index in [1.165, 1.54) is 17.4 Å². The monoisotopic (exact) mass is 264 g/mol. The molecule has 4 heteroatoms. The van der Waals surface area contributed by atoms with Crippen LogP contribution in [0.25, 0.3) is 21.2 Å². The van der Waals surface area contributed by atoms with E-state index in [1.54, 1.807) is 5.38 Å². The molecule has 1 aromatic heterocycles. The van der Waals surface area contributed by atoms with Crippen LogP contribution in [-0.2, 0) is 0 Å². The number of fused-ring (bicyclic) bond motifs is 1. The molecule has 0 saturated carbocycles. The third kappa shape index (κ3) is 1.61. The zero-order valence-electron chi connectivity index (χ0n) is 9.08. The second kappa shape index (κ2) is 4.14. The van der Waals surface area contributed by atoms with Crippen molar-refractivity contribution in [2.75, 3.05) is 0 Å². The fourth-order valence-corrected chi connectivity index (χ4v) is 2.88. The largest absolute Gasteiger partial charge is 0.204 e. The van der Waals surface area contributed by atoms with Gasteiger partial charge < -0.3 is 0 Å². The molecule has 0 fully saturated rings. The van der Waals surface area contributed by atoms with Crippen LogP contribution in [0.3, 0.4) is 0 Å². The van der Waals surface area contributed by atoms with Gasteiger partial charge in [0.25, 0.3) is 0 Å². The van der Waals surface area contributed by atoms with E-state index in [1.807, 2.05) is 24.3 Å². The van der Waals surface area contributed by atoms with Crippen molar-refractivity contribution < 1.29 is 13.2 Å². The molecular formula is C14H7F3S. The van der Waals surface area contributed by atoms with Crippen LogP contribution < -0.4 is 0 Å². The molecule has 90 valence electrons. The molecule has 0 spiro atoms. The quantitative estimate of drug-likeness (QED) is 0.543. The molecule has 0 bridgehead atoms. The van der Waals surface area contributed by atoms with Gasteiger partial charge in [0.2, 0.25) is 0 Å². The number of hydrogen-bond donors (Lipinski definition) is 0. The lowest BCUT2D eigenvalue weighted by Gasteiger charge is -2.03. The van der Waals surface area contributed by atoms with Crippen molar-refractivity contribution in [3.05, 3.63) is 59.2 Å². The average Bonchev–Trinajstić information content (AvgIpc) is 2.80. The van der Waals surface area contributed by atoms with E-state index >= 15 is 0 Å². The van der Waals surface area contributed by atoms with Crippen LogP contribution in [0.2, 0.25) is 0 Å². The molecule has 0 atom stereocenters. The van der Waals surface area contributed by atoms with Crippen LogP contribution >= 0.6 is 11.3 Å². The van der Waals surface area contributed by atoms with Gasteiger partial charge in [-0.1, -0.05) is 18.2 Å². The molecule has 0 amide bonds. The van der Waals surface area contributed by atoms with Crippen molar-refractivity contribution in [2.45, 2.75) is 0 Å². The smallest absolute Gasteiger partial charge is 0.195 e. The first-order chi connectivity index (χ1) is 8.68. The Balaban J connectivity index is 2.30. The maximum atomic E-state index is 13.7. The van der Waals surface area contributed by atoms with Gasteiger partial charge in [0.15, 0.2) is 17.5 Å². The molecule has 3 rings (SSSR count). The number of rotatable bonds is 1. The fourth-order valence-electron chi connectivity index (χ4n) is 1.92. The topological polar surface area (TPSA) is 0 Å². The van der Waals surface area contributed by atoms with Crippen molar-refractivity contribution in [1.29, 1.82) is 0 Å². The highest BCUT2D eigenvalue weighted by Crippen LogP contribution is 2.35. The van der Waals surface area contributed by atoms with Gasteiger partial charge in [0.1, 0.15) is 0 Å². The van der Waals surface area contributed by atoms with Gasteiger partial charge in [-0.3, -0.25) is 0 Å². The lowest BCUT2D eigenvalue weighted by Crippen LogP contribution is -1.93. The van der Waals surface area contributed by atoms with Gasteiger partial charge in [0, 0.05) is 21.2 Å². The SMILES string of the molecule is Fc1ccc(-c2csc3ccccc23)c(F)c1F. The Labute approximate surface area is 105 Å². The molecule has 0 radical (unpaired) electrons. The Morgan fingerprint density at radius 2 is 1.56 bits per heavy atom. The van der Waals surface area contributed by atoms with Gasteiger partial charge in [-0.15, -0.1) is 11.3 Å². The molecule has 0 nitrogen and oxygen atoms in total. The predicted octanol–water partition coefficient (Wildman–Crippen LogP) is 4.99. The maximum absolute atomic E-state index is 13.7. The van der Waals surface area contributed by atoms with Gasteiger partial charge in [0.05, 0.1) is 0 Å². The molecule has 0 unspecified atom stereocenters. The lowest BCUT2D eigenvalue weighted by atomic mass is 10.0. The number of halogens is 3. The Morgan fingerprint density at radius 1 is 0.778 bits per heavy atom. The van der Waals surface area contributed by atoms with Gasteiger partial charge >= 0.3 is 0 Å². The highest BCUT2D eigenvalue weighted by molar-refractivity contribution is 7.17. The van der Waals surface area contributed by atoms with E-state index in [-0.39, 0.29) is 5.56 Å². The first-order valence-corrected chi connectivity index (χ1v) is 6.16. The summed E-state index contributed by atoms with van der Waals surface area (Å²) in [5.74, 6) is -3.74. The van der Waals surface area contributed by atoms with Crippen molar-refractivity contribution in [3.8, 4) is 11.1 Å². The fraction of sp³-hybridized carbons (Fsp3) is 0. The first kappa shape index (κ1) is 11.3. The molecule has 18 heavy (non-hydrogen) atoms. The van der Waals surface area contributed by atoms with Gasteiger partial charge in [-0.2, -0.15) is 0 Å². The Morgan fingerprint density at radius 3 is 2.39 bits per heavy atom. The molecule has 0 N–H and O–H groups in total. The molecule has 2 aromatic carbocycles. The van der Waals surface area contributed by atoms with Crippen LogP contribution in [-0.4, -0.2) is 0 Å². The molecule has 1 heterocycles. The minimum absolute atomic E-state index is 0.0892. The van der Waals surface area contributed by atoms with Crippen molar-refractivity contribution >= 4 is 21.4 Å². The van der Waals surface area contributed by atoms with Gasteiger partial charge in [-0.05, 0) is 23.6 Å². The van der Waals surface area contributed by atoms with Crippen molar-refractivity contribution in [2.24, 2.45) is 0 Å². The second-order valence-corrected chi connectivity index (χ2v) is 4.78. The summed E-state index contributed by atoms with van der Waals surface area (Å²) in [5.41, 5.74) is 0.679. The van der Waals surface area contributed by atoms with Crippen molar-refractivity contribution in [3.63, 3.8) is 0 Å². The van der Waals surface area contributed by atoms with Crippen LogP contribution in [0, 0.1) is 17.5 Å². The minimum Gasteiger partial charge on any atom is -0.204 e. The maximum Gasteiger partial charge on any atom is 0.195 e. The molecule has 0 aliphatic heterocycles. The predicted molar refractivity (Wildman–Crippen MR) is 67.1 cm³/mol. The van der Waals surface area contributed by atoms with Crippen molar-refractivity contribution in [1.82, 2.24) is 0 Å². The zero-order chi connectivity index (χ0) is 12.7. The third-order valence-corrected chi connectivity index (χ3v) is 3.77. The summed E-state index contributed by atoms with van der Waals surface area (Å²) in [5, 5.41) is 2.59. The third-order valence-electron chi connectivity index (χ3n) is 2.81. The summed E-state index contributed by atoms with van der Waals surface area (Å²) >= 11 is 1.44. The Bertz CT molecular complexity index is 731. The summed E-state index contributed by atoms with van der Waals surface area (Å²) in [6.07, 6.45) is 0. The Hall–Kier alpha value is -1.81. The van der Waals surface area contributed by atoms with E-state index < -0.39 is 17.5 Å². The van der Waals surface area contributed by atoms with Crippen LogP contribution in [0.1, 0.15) is 0 Å². The zero-order valence-corrected chi connectivity index (χ0v) is 9.90. The minimum atomic E-state index is -1.43. The molecule has 0 aliphatic rings. The molecule has 0 saturated heterocycles. The number of hydrogen-bond acceptors (Lipinski definition) is 1. The van der Waals surface area contributed by atoms with E-state index in [9.17, 15) is 13.2 Å². The van der Waals surface area contributed by atoms with E-state index in [2.05, 4.69) is 0 Å². The first-order valence-electron chi connectivity index (χ1n) is 5.28. The number of thiophene rings is 1. The summed E-state index contributed by atoms with van der Waals surface area (Å²) < 4.78 is 40.9. The van der Waals surface area contributed by atoms with Crippen LogP contribution in [0.4, 0.5) is 13.2 Å². The lowest BCUT2D eigenvalue weighted by molar-refractivity contribution is 0.449. The molecular weight excluding hydrogens is 257 g/mol. The Kier molecular flexibility index (Phi) is 2.59. The summed E-state index contributed by atoms with van der Waals surface area (Å²) in [4.78, 5) is 0. The van der Waals surface area contributed by atoms with E-state index in [4.69, 9.17) is 0 Å². The second-order valence-electron chi connectivity index (χ2n) is 3.87. The summed E-state index contributed by atoms with van der Waals surface area (Å²) in [7, 11) is 0. The highest BCUT2D eigenvalue weighted by Gasteiger charge is 2.16. The summed E-state index contributed by atoms with van der Waals surface area (Å²) in [6.45, 7) is 0. The van der Waals surface area contributed by atoms with E-state index in [0.29, 0.717) is 5.56 Å². The highest BCUT2D eigenvalue weighted by atomic mass is 32.1. The standard InChI is InChI=1S/C14H7F3S/c15-11-6-5-9(13(16)14(11)17)10-7-18-12-4-2-1-3-8(10)12/h1-7H. The molecule has 0 aliphatic carbocycles. The number of benzene rings is 2. The normalized spacial score (nSPS) is 11.1. The van der Waals surface area contributed by atoms with E-state index in [0.717, 1.165) is 16.2 Å². The average molecular weight is 264 g/mol.